The van der Waals surface area contributed by atoms with Crippen LogP contribution in [0.1, 0.15) is 17.2 Å². The normalized spacial score (nSPS) is 20.1. The number of aromatic nitrogens is 2. The van der Waals surface area contributed by atoms with E-state index in [0.717, 1.165) is 32.7 Å². The summed E-state index contributed by atoms with van der Waals surface area (Å²) in [5, 5.41) is 4.22. The van der Waals surface area contributed by atoms with Gasteiger partial charge in [0.15, 0.2) is 0 Å². The molecule has 0 spiro atoms. The van der Waals surface area contributed by atoms with Gasteiger partial charge in [-0.3, -0.25) is 9.58 Å². The zero-order valence-electron chi connectivity index (χ0n) is 11.9. The Balaban J connectivity index is 1.55. The summed E-state index contributed by atoms with van der Waals surface area (Å²) >= 11 is 0. The zero-order valence-corrected chi connectivity index (χ0v) is 11.9. The van der Waals surface area contributed by atoms with Crippen molar-refractivity contribution in [2.24, 2.45) is 7.05 Å². The molecule has 0 radical (unpaired) electrons. The zero-order chi connectivity index (χ0) is 13.8. The van der Waals surface area contributed by atoms with Gasteiger partial charge in [-0.1, -0.05) is 30.3 Å². The van der Waals surface area contributed by atoms with E-state index in [1.165, 1.54) is 11.1 Å². The standard InChI is InChI=1S/C16H21N3O/c1-18-12-14(11-17-18)7-8-19-9-10-20-16(13-19)15-5-3-2-4-6-15/h2-6,11-12,16H,7-10,13H2,1H3/t16-/m1/s1. The smallest absolute Gasteiger partial charge is 0.0952 e. The molecule has 2 heterocycles. The molecule has 1 aromatic heterocycles. The van der Waals surface area contributed by atoms with Crippen LogP contribution >= 0.6 is 0 Å². The fraction of sp³-hybridized carbons (Fsp3) is 0.438. The molecule has 0 bridgehead atoms. The third kappa shape index (κ3) is 3.26. The van der Waals surface area contributed by atoms with Crippen molar-refractivity contribution in [3.8, 4) is 0 Å². The first-order valence-electron chi connectivity index (χ1n) is 7.18. The Morgan fingerprint density at radius 2 is 2.15 bits per heavy atom. The maximum atomic E-state index is 5.89. The highest BCUT2D eigenvalue weighted by Crippen LogP contribution is 2.21. The molecule has 0 unspecified atom stereocenters. The third-order valence-electron chi connectivity index (χ3n) is 3.80. The number of ether oxygens (including phenoxy) is 1. The second-order valence-electron chi connectivity index (χ2n) is 5.34. The summed E-state index contributed by atoms with van der Waals surface area (Å²) in [7, 11) is 1.96. The van der Waals surface area contributed by atoms with Crippen molar-refractivity contribution in [2.75, 3.05) is 26.2 Å². The first-order chi connectivity index (χ1) is 9.81. The van der Waals surface area contributed by atoms with Crippen LogP contribution in [-0.2, 0) is 18.2 Å². The van der Waals surface area contributed by atoms with E-state index in [1.54, 1.807) is 0 Å². The first kappa shape index (κ1) is 13.3. The molecule has 20 heavy (non-hydrogen) atoms. The Morgan fingerprint density at radius 1 is 1.30 bits per heavy atom. The van der Waals surface area contributed by atoms with Gasteiger partial charge in [-0.15, -0.1) is 0 Å². The molecule has 0 saturated carbocycles. The van der Waals surface area contributed by atoms with Crippen LogP contribution in [0.2, 0.25) is 0 Å². The van der Waals surface area contributed by atoms with Gasteiger partial charge in [0, 0.05) is 32.9 Å². The predicted octanol–water partition coefficient (Wildman–Crippen LogP) is 2.04. The Morgan fingerprint density at radius 3 is 2.90 bits per heavy atom. The number of benzene rings is 1. The van der Waals surface area contributed by atoms with E-state index >= 15 is 0 Å². The molecule has 106 valence electrons. The fourth-order valence-electron chi connectivity index (χ4n) is 2.66. The quantitative estimate of drug-likeness (QED) is 0.852. The Labute approximate surface area is 120 Å². The predicted molar refractivity (Wildman–Crippen MR) is 78.5 cm³/mol. The minimum Gasteiger partial charge on any atom is -0.371 e. The molecule has 1 saturated heterocycles. The summed E-state index contributed by atoms with van der Waals surface area (Å²) in [6.07, 6.45) is 5.30. The topological polar surface area (TPSA) is 30.3 Å². The van der Waals surface area contributed by atoms with Crippen LogP contribution in [0.5, 0.6) is 0 Å². The van der Waals surface area contributed by atoms with Crippen LogP contribution in [0.25, 0.3) is 0 Å². The molecular formula is C16H21N3O. The van der Waals surface area contributed by atoms with Crippen molar-refractivity contribution in [3.63, 3.8) is 0 Å². The lowest BCUT2D eigenvalue weighted by molar-refractivity contribution is -0.0295. The number of morpholine rings is 1. The molecule has 0 aliphatic carbocycles. The number of nitrogens with zero attached hydrogens (tertiary/aromatic N) is 3. The molecule has 4 heteroatoms. The highest BCUT2D eigenvalue weighted by Gasteiger charge is 2.21. The lowest BCUT2D eigenvalue weighted by Gasteiger charge is -2.33. The Bertz CT molecular complexity index is 538. The monoisotopic (exact) mass is 271 g/mol. The SMILES string of the molecule is Cn1cc(CCN2CCO[C@@H](c3ccccc3)C2)cn1. The summed E-state index contributed by atoms with van der Waals surface area (Å²) in [5.41, 5.74) is 2.58. The first-order valence-corrected chi connectivity index (χ1v) is 7.18. The van der Waals surface area contributed by atoms with Crippen molar-refractivity contribution in [1.29, 1.82) is 0 Å². The van der Waals surface area contributed by atoms with Gasteiger partial charge in [-0.05, 0) is 17.5 Å². The molecule has 4 nitrogen and oxygen atoms in total. The summed E-state index contributed by atoms with van der Waals surface area (Å²) in [6.45, 7) is 3.87. The average Bonchev–Trinajstić information content (AvgIpc) is 2.92. The van der Waals surface area contributed by atoms with E-state index in [4.69, 9.17) is 4.74 Å². The third-order valence-corrected chi connectivity index (χ3v) is 3.80. The van der Waals surface area contributed by atoms with Crippen LogP contribution < -0.4 is 0 Å². The summed E-state index contributed by atoms with van der Waals surface area (Å²) < 4.78 is 7.75. The van der Waals surface area contributed by atoms with E-state index in [0.29, 0.717) is 0 Å². The van der Waals surface area contributed by atoms with E-state index in [-0.39, 0.29) is 6.10 Å². The van der Waals surface area contributed by atoms with Crippen LogP contribution in [0.3, 0.4) is 0 Å². The van der Waals surface area contributed by atoms with E-state index in [9.17, 15) is 0 Å². The minimum atomic E-state index is 0.207. The molecule has 0 N–H and O–H groups in total. The Kier molecular flexibility index (Phi) is 4.14. The number of hydrogen-bond donors (Lipinski definition) is 0. The molecule has 0 amide bonds. The van der Waals surface area contributed by atoms with Gasteiger partial charge in [0.25, 0.3) is 0 Å². The molecule has 1 fully saturated rings. The maximum Gasteiger partial charge on any atom is 0.0952 e. The van der Waals surface area contributed by atoms with Gasteiger partial charge in [0.2, 0.25) is 0 Å². The van der Waals surface area contributed by atoms with Crippen LogP contribution in [0, 0.1) is 0 Å². The van der Waals surface area contributed by atoms with Crippen molar-refractivity contribution in [1.82, 2.24) is 14.7 Å². The van der Waals surface area contributed by atoms with Crippen molar-refractivity contribution in [2.45, 2.75) is 12.5 Å². The average molecular weight is 271 g/mol. The molecule has 2 aromatic rings. The van der Waals surface area contributed by atoms with Crippen LogP contribution in [0.4, 0.5) is 0 Å². The lowest BCUT2D eigenvalue weighted by Crippen LogP contribution is -2.39. The molecule has 1 aromatic carbocycles. The summed E-state index contributed by atoms with van der Waals surface area (Å²) in [5.74, 6) is 0. The molecule has 1 aliphatic heterocycles. The number of hydrogen-bond acceptors (Lipinski definition) is 3. The van der Waals surface area contributed by atoms with Crippen LogP contribution in [-0.4, -0.2) is 40.9 Å². The second-order valence-corrected chi connectivity index (χ2v) is 5.34. The van der Waals surface area contributed by atoms with Gasteiger partial charge < -0.3 is 4.74 Å². The van der Waals surface area contributed by atoms with Crippen molar-refractivity contribution < 1.29 is 4.74 Å². The maximum absolute atomic E-state index is 5.89. The molecule has 1 aliphatic rings. The van der Waals surface area contributed by atoms with Crippen molar-refractivity contribution in [3.05, 3.63) is 53.9 Å². The van der Waals surface area contributed by atoms with Crippen molar-refractivity contribution >= 4 is 0 Å². The molecule has 3 rings (SSSR count). The van der Waals surface area contributed by atoms with Gasteiger partial charge in [-0.25, -0.2) is 0 Å². The molecule has 1 atom stereocenters. The minimum absolute atomic E-state index is 0.207. The second kappa shape index (κ2) is 6.20. The summed E-state index contributed by atoms with van der Waals surface area (Å²) in [6, 6.07) is 10.5. The van der Waals surface area contributed by atoms with E-state index < -0.39 is 0 Å². The van der Waals surface area contributed by atoms with Gasteiger partial charge >= 0.3 is 0 Å². The highest BCUT2D eigenvalue weighted by molar-refractivity contribution is 5.18. The van der Waals surface area contributed by atoms with Gasteiger partial charge in [-0.2, -0.15) is 5.10 Å². The Hall–Kier alpha value is -1.65. The van der Waals surface area contributed by atoms with Gasteiger partial charge in [0.1, 0.15) is 0 Å². The highest BCUT2D eigenvalue weighted by atomic mass is 16.5. The number of rotatable bonds is 4. The van der Waals surface area contributed by atoms with Crippen LogP contribution in [0.15, 0.2) is 42.7 Å². The van der Waals surface area contributed by atoms with E-state index in [2.05, 4.69) is 40.5 Å². The lowest BCUT2D eigenvalue weighted by atomic mass is 10.1. The van der Waals surface area contributed by atoms with E-state index in [1.807, 2.05) is 24.0 Å². The fourth-order valence-corrected chi connectivity index (χ4v) is 2.66. The molecular weight excluding hydrogens is 250 g/mol. The largest absolute Gasteiger partial charge is 0.371 e. The summed E-state index contributed by atoms with van der Waals surface area (Å²) in [4.78, 5) is 2.48. The number of aryl methyl sites for hydroxylation is 1. The van der Waals surface area contributed by atoms with Gasteiger partial charge in [0.05, 0.1) is 18.9 Å².